The van der Waals surface area contributed by atoms with Gasteiger partial charge in [0.1, 0.15) is 22.0 Å². The molecule has 10 heteroatoms. The number of ether oxygens (including phenoxy) is 1. The summed E-state index contributed by atoms with van der Waals surface area (Å²) in [5.41, 5.74) is 0.215. The third kappa shape index (κ3) is 10.4. The Kier molecular flexibility index (Phi) is 12.1. The second kappa shape index (κ2) is 15.0. The van der Waals surface area contributed by atoms with Gasteiger partial charge < -0.3 is 31.1 Å². The van der Waals surface area contributed by atoms with Crippen molar-refractivity contribution in [2.24, 2.45) is 5.92 Å². The zero-order valence-corrected chi connectivity index (χ0v) is 20.8. The van der Waals surface area contributed by atoms with Crippen molar-refractivity contribution in [2.75, 3.05) is 25.0 Å². The fraction of sp³-hybridized carbons (Fsp3) is 0.400. The molecule has 5 N–H and O–H groups in total. The lowest BCUT2D eigenvalue weighted by molar-refractivity contribution is -0.117. The second-order valence-corrected chi connectivity index (χ2v) is 8.60. The van der Waals surface area contributed by atoms with Gasteiger partial charge in [-0.2, -0.15) is 0 Å². The van der Waals surface area contributed by atoms with Gasteiger partial charge in [0, 0.05) is 37.3 Å². The van der Waals surface area contributed by atoms with Crippen LogP contribution in [0.5, 0.6) is 0 Å². The molecule has 0 radical (unpaired) electrons. The summed E-state index contributed by atoms with van der Waals surface area (Å²) in [7, 11) is 0. The number of likely N-dealkylation sites (N-methyl/N-ethyl adjacent to an activating group) is 1. The fourth-order valence-corrected chi connectivity index (χ4v) is 3.66. The maximum Gasteiger partial charge on any atom is 0.293 e. The van der Waals surface area contributed by atoms with Crippen LogP contribution in [0.25, 0.3) is 0 Å². The van der Waals surface area contributed by atoms with Crippen LogP contribution in [0.3, 0.4) is 0 Å². The lowest BCUT2D eigenvalue weighted by atomic mass is 10.1. The molecule has 1 saturated carbocycles. The van der Waals surface area contributed by atoms with Gasteiger partial charge in [0.25, 0.3) is 5.91 Å². The lowest BCUT2D eigenvalue weighted by Crippen LogP contribution is -2.31. The van der Waals surface area contributed by atoms with Crippen LogP contribution in [0, 0.1) is 27.6 Å². The number of rotatable bonds is 10. The maximum absolute atomic E-state index is 13.4. The molecule has 190 valence electrons. The number of allylic oxidation sites excluding steroid dienone is 1. The van der Waals surface area contributed by atoms with E-state index in [1.54, 1.807) is 0 Å². The first-order valence-electron chi connectivity index (χ1n) is 11.6. The Hall–Kier alpha value is -3.11. The number of hydrogen-bond donors (Lipinski definition) is 5. The summed E-state index contributed by atoms with van der Waals surface area (Å²) < 4.78 is 33.6. The van der Waals surface area contributed by atoms with Crippen molar-refractivity contribution in [3.63, 3.8) is 0 Å². The number of halogens is 2. The van der Waals surface area contributed by atoms with E-state index in [1.807, 2.05) is 31.3 Å². The van der Waals surface area contributed by atoms with Crippen LogP contribution in [0.15, 0.2) is 54.1 Å². The van der Waals surface area contributed by atoms with Gasteiger partial charge in [-0.15, -0.1) is 0 Å². The van der Waals surface area contributed by atoms with Gasteiger partial charge in [0.15, 0.2) is 0 Å². The SMILES string of the molecule is CCNCCN/C(C=N)=C(\OC1CCC(C)C1)C(=O)Nc1cc(F)cc(F)c1.S=c1cccc[nH]1. The molecule has 2 atom stereocenters. The smallest absolute Gasteiger partial charge is 0.293 e. The standard InChI is InChI=1S/C20H28F2N4O2.C5H5NS/c1-3-24-6-7-25-18(12-23)19(28-17-5-4-13(2)8-17)20(27)26-16-10-14(21)9-15(22)11-16;7-5-3-1-2-4-6-5/h9-13,17,23-25H,3-8H2,1-2H3,(H,26,27);1-4H,(H,6,7)/b19-18-,23-12?;. The van der Waals surface area contributed by atoms with E-state index in [-0.39, 0.29) is 23.2 Å². The Labute approximate surface area is 209 Å². The molecular weight excluding hydrogens is 472 g/mol. The zero-order chi connectivity index (χ0) is 25.6. The van der Waals surface area contributed by atoms with Gasteiger partial charge in [-0.05, 0) is 56.0 Å². The van der Waals surface area contributed by atoms with Crippen molar-refractivity contribution in [1.29, 1.82) is 5.41 Å². The first kappa shape index (κ1) is 28.1. The second-order valence-electron chi connectivity index (χ2n) is 8.16. The largest absolute Gasteiger partial charge is 0.483 e. The number of carbonyl (C=O) groups is 1. The molecule has 1 aliphatic carbocycles. The molecule has 2 unspecified atom stereocenters. The van der Waals surface area contributed by atoms with E-state index in [4.69, 9.17) is 22.4 Å². The molecule has 7 nitrogen and oxygen atoms in total. The van der Waals surface area contributed by atoms with Gasteiger partial charge in [-0.25, -0.2) is 8.78 Å². The predicted molar refractivity (Wildman–Crippen MR) is 137 cm³/mol. The Morgan fingerprint density at radius 1 is 1.23 bits per heavy atom. The van der Waals surface area contributed by atoms with Crippen molar-refractivity contribution >= 4 is 30.0 Å². The number of aromatic nitrogens is 1. The highest BCUT2D eigenvalue weighted by atomic mass is 32.1. The van der Waals surface area contributed by atoms with Gasteiger partial charge in [0.05, 0.1) is 6.10 Å². The van der Waals surface area contributed by atoms with E-state index < -0.39 is 17.5 Å². The van der Waals surface area contributed by atoms with Crippen LogP contribution in [0.1, 0.15) is 33.1 Å². The number of hydrogen-bond acceptors (Lipinski definition) is 6. The van der Waals surface area contributed by atoms with E-state index in [0.717, 1.165) is 54.9 Å². The summed E-state index contributed by atoms with van der Waals surface area (Å²) in [6.07, 6.45) is 5.32. The molecule has 1 fully saturated rings. The van der Waals surface area contributed by atoms with Gasteiger partial charge in [-0.1, -0.05) is 32.1 Å². The number of H-pyrrole nitrogens is 1. The number of pyridine rings is 1. The molecule has 35 heavy (non-hydrogen) atoms. The normalized spacial score (nSPS) is 17.5. The highest BCUT2D eigenvalue weighted by molar-refractivity contribution is 7.71. The average Bonchev–Trinajstić information content (AvgIpc) is 3.23. The summed E-state index contributed by atoms with van der Waals surface area (Å²) in [4.78, 5) is 15.6. The number of anilines is 1. The average molecular weight is 506 g/mol. The molecule has 1 aromatic heterocycles. The van der Waals surface area contributed by atoms with Crippen LogP contribution in [-0.4, -0.2) is 42.8 Å². The minimum atomic E-state index is -0.789. The van der Waals surface area contributed by atoms with Crippen LogP contribution < -0.4 is 16.0 Å². The third-order valence-corrected chi connectivity index (χ3v) is 5.45. The minimum absolute atomic E-state index is 0.0135. The van der Waals surface area contributed by atoms with E-state index in [1.165, 1.54) is 0 Å². The Balaban J connectivity index is 0.000000527. The molecule has 0 spiro atoms. The molecular formula is C25H33F2N5O2S. The van der Waals surface area contributed by atoms with Crippen molar-refractivity contribution < 1.29 is 18.3 Å². The Bertz CT molecular complexity index is 1020. The molecule has 2 aromatic rings. The summed E-state index contributed by atoms with van der Waals surface area (Å²) in [6.45, 7) is 6.05. The molecule has 1 aromatic carbocycles. The number of nitrogens with one attached hydrogen (secondary N) is 5. The van der Waals surface area contributed by atoms with Gasteiger partial charge in [-0.3, -0.25) is 4.79 Å². The highest BCUT2D eigenvalue weighted by Crippen LogP contribution is 2.29. The van der Waals surface area contributed by atoms with E-state index >= 15 is 0 Å². The van der Waals surface area contributed by atoms with Crippen molar-refractivity contribution in [3.05, 3.63) is 70.3 Å². The first-order valence-corrected chi connectivity index (χ1v) is 12.0. The first-order chi connectivity index (χ1) is 16.8. The molecule has 1 aliphatic rings. The van der Waals surface area contributed by atoms with Crippen molar-refractivity contribution in [1.82, 2.24) is 15.6 Å². The van der Waals surface area contributed by atoms with Crippen molar-refractivity contribution in [2.45, 2.75) is 39.2 Å². The number of aromatic amines is 1. The summed E-state index contributed by atoms with van der Waals surface area (Å²) in [5.74, 6) is -1.78. The number of benzene rings is 1. The number of carbonyl (C=O) groups excluding carboxylic acids is 1. The topological polar surface area (TPSA) is 102 Å². The van der Waals surface area contributed by atoms with Crippen LogP contribution in [-0.2, 0) is 9.53 Å². The van der Waals surface area contributed by atoms with Gasteiger partial charge in [0.2, 0.25) is 5.76 Å². The third-order valence-electron chi connectivity index (χ3n) is 5.19. The van der Waals surface area contributed by atoms with Crippen LogP contribution in [0.2, 0.25) is 0 Å². The highest BCUT2D eigenvalue weighted by Gasteiger charge is 2.27. The molecule has 0 saturated heterocycles. The Morgan fingerprint density at radius 2 is 1.97 bits per heavy atom. The number of amides is 1. The lowest BCUT2D eigenvalue weighted by Gasteiger charge is -2.19. The summed E-state index contributed by atoms with van der Waals surface area (Å²) >= 11 is 4.76. The van der Waals surface area contributed by atoms with Crippen LogP contribution in [0.4, 0.5) is 14.5 Å². The fourth-order valence-electron chi connectivity index (χ4n) is 3.52. The van der Waals surface area contributed by atoms with E-state index in [0.29, 0.717) is 19.0 Å². The van der Waals surface area contributed by atoms with Crippen LogP contribution >= 0.6 is 12.2 Å². The van der Waals surface area contributed by atoms with E-state index in [2.05, 4.69) is 27.9 Å². The van der Waals surface area contributed by atoms with Crippen molar-refractivity contribution in [3.8, 4) is 0 Å². The molecule has 3 rings (SSSR count). The maximum atomic E-state index is 13.4. The summed E-state index contributed by atoms with van der Waals surface area (Å²) in [5, 5.41) is 16.3. The predicted octanol–water partition coefficient (Wildman–Crippen LogP) is 4.91. The molecule has 1 amide bonds. The molecule has 0 aliphatic heterocycles. The minimum Gasteiger partial charge on any atom is -0.483 e. The summed E-state index contributed by atoms with van der Waals surface area (Å²) in [6, 6.07) is 8.43. The molecule has 1 heterocycles. The monoisotopic (exact) mass is 505 g/mol. The Morgan fingerprint density at radius 3 is 2.49 bits per heavy atom. The van der Waals surface area contributed by atoms with E-state index in [9.17, 15) is 13.6 Å². The zero-order valence-electron chi connectivity index (χ0n) is 20.0. The quantitative estimate of drug-likeness (QED) is 0.104. The van der Waals surface area contributed by atoms with Gasteiger partial charge >= 0.3 is 0 Å². The molecule has 0 bridgehead atoms.